The number of nitrogens with one attached hydrogen (secondary N) is 1. The summed E-state index contributed by atoms with van der Waals surface area (Å²) in [7, 11) is 0. The maximum absolute atomic E-state index is 12.0. The molecular weight excluding hydrogens is 298 g/mol. The molecule has 2 aromatic rings. The number of hydrogen-bond acceptors (Lipinski definition) is 4. The Kier molecular flexibility index (Phi) is 3.83. The summed E-state index contributed by atoms with van der Waals surface area (Å²) in [6, 6.07) is 5.53. The van der Waals surface area contributed by atoms with Gasteiger partial charge in [0.2, 0.25) is 0 Å². The zero-order valence-corrected chi connectivity index (χ0v) is 11.7. The maximum Gasteiger partial charge on any atom is 0.387 e. The molecular formula is C14H12F2N2O2S. The van der Waals surface area contributed by atoms with Crippen molar-refractivity contribution in [3.05, 3.63) is 40.9 Å². The highest BCUT2D eigenvalue weighted by Gasteiger charge is 2.26. The molecule has 0 radical (unpaired) electrons. The minimum absolute atomic E-state index is 0.0202. The third-order valence-electron chi connectivity index (χ3n) is 3.08. The molecule has 0 saturated heterocycles. The summed E-state index contributed by atoms with van der Waals surface area (Å²) in [5.41, 5.74) is 1.38. The van der Waals surface area contributed by atoms with Crippen LogP contribution in [0.25, 0.3) is 0 Å². The molecule has 1 N–H and O–H groups in total. The van der Waals surface area contributed by atoms with E-state index in [9.17, 15) is 13.6 Å². The Morgan fingerprint density at radius 3 is 2.67 bits per heavy atom. The maximum atomic E-state index is 12.0. The van der Waals surface area contributed by atoms with Crippen LogP contribution in [-0.2, 0) is 0 Å². The van der Waals surface area contributed by atoms with Gasteiger partial charge in [0.15, 0.2) is 5.13 Å². The van der Waals surface area contributed by atoms with Crippen molar-refractivity contribution in [1.82, 2.24) is 4.98 Å². The molecule has 0 bridgehead atoms. The molecule has 1 aliphatic rings. The van der Waals surface area contributed by atoms with Crippen LogP contribution in [0.2, 0.25) is 0 Å². The van der Waals surface area contributed by atoms with Crippen LogP contribution < -0.4 is 10.1 Å². The van der Waals surface area contributed by atoms with E-state index in [4.69, 9.17) is 0 Å². The molecule has 21 heavy (non-hydrogen) atoms. The number of hydrogen-bond donors (Lipinski definition) is 1. The predicted molar refractivity (Wildman–Crippen MR) is 75.1 cm³/mol. The Balaban J connectivity index is 1.63. The van der Waals surface area contributed by atoms with E-state index in [0.717, 1.165) is 18.5 Å². The van der Waals surface area contributed by atoms with Gasteiger partial charge in [-0.3, -0.25) is 10.1 Å². The molecule has 4 nitrogen and oxygen atoms in total. The highest BCUT2D eigenvalue weighted by Crippen LogP contribution is 2.40. The van der Waals surface area contributed by atoms with Crippen molar-refractivity contribution in [3.8, 4) is 5.75 Å². The molecule has 1 amide bonds. The number of nitrogens with zero attached hydrogens (tertiary/aromatic N) is 1. The monoisotopic (exact) mass is 310 g/mol. The number of carbonyl (C=O) groups is 1. The van der Waals surface area contributed by atoms with Gasteiger partial charge in [0.05, 0.1) is 5.69 Å². The normalized spacial score (nSPS) is 14.2. The summed E-state index contributed by atoms with van der Waals surface area (Å²) >= 11 is 1.39. The summed E-state index contributed by atoms with van der Waals surface area (Å²) in [5, 5.41) is 5.20. The molecule has 0 atom stereocenters. The number of thiazole rings is 1. The standard InChI is InChI=1S/C14H12F2N2O2S/c15-13(16)20-10-5-3-9(4-6-10)12(19)18-14-17-11(7-21-14)8-1-2-8/h3-8,13H,1-2H2,(H,17,18,19). The second-order valence-electron chi connectivity index (χ2n) is 4.71. The van der Waals surface area contributed by atoms with Crippen LogP contribution in [0.5, 0.6) is 5.75 Å². The number of benzene rings is 1. The largest absolute Gasteiger partial charge is 0.435 e. The van der Waals surface area contributed by atoms with Gasteiger partial charge in [0.1, 0.15) is 5.75 Å². The number of anilines is 1. The number of carbonyl (C=O) groups excluding carboxylic acids is 1. The smallest absolute Gasteiger partial charge is 0.387 e. The fraction of sp³-hybridized carbons (Fsp3) is 0.286. The Morgan fingerprint density at radius 2 is 2.05 bits per heavy atom. The number of halogens is 2. The summed E-state index contributed by atoms with van der Waals surface area (Å²) in [4.78, 5) is 16.4. The van der Waals surface area contributed by atoms with Gasteiger partial charge in [0.25, 0.3) is 5.91 Å². The molecule has 1 aromatic heterocycles. The first-order valence-corrected chi connectivity index (χ1v) is 7.31. The molecule has 1 aromatic carbocycles. The van der Waals surface area contributed by atoms with Gasteiger partial charge in [-0.05, 0) is 37.1 Å². The lowest BCUT2D eigenvalue weighted by Crippen LogP contribution is -2.11. The molecule has 1 heterocycles. The van der Waals surface area contributed by atoms with Gasteiger partial charge < -0.3 is 4.74 Å². The lowest BCUT2D eigenvalue weighted by atomic mass is 10.2. The first-order valence-electron chi connectivity index (χ1n) is 6.43. The van der Waals surface area contributed by atoms with Crippen molar-refractivity contribution >= 4 is 22.4 Å². The summed E-state index contributed by atoms with van der Waals surface area (Å²) in [6.45, 7) is -2.87. The minimum atomic E-state index is -2.87. The third kappa shape index (κ3) is 3.55. The van der Waals surface area contributed by atoms with E-state index in [1.807, 2.05) is 5.38 Å². The van der Waals surface area contributed by atoms with Crippen LogP contribution in [0.4, 0.5) is 13.9 Å². The quantitative estimate of drug-likeness (QED) is 0.912. The van der Waals surface area contributed by atoms with Crippen molar-refractivity contribution in [1.29, 1.82) is 0 Å². The second-order valence-corrected chi connectivity index (χ2v) is 5.57. The van der Waals surface area contributed by atoms with Gasteiger partial charge in [-0.25, -0.2) is 4.98 Å². The molecule has 0 unspecified atom stereocenters. The Hall–Kier alpha value is -2.02. The molecule has 1 saturated carbocycles. The highest BCUT2D eigenvalue weighted by atomic mass is 32.1. The molecule has 1 aliphatic carbocycles. The first kappa shape index (κ1) is 13.9. The average molecular weight is 310 g/mol. The molecule has 0 spiro atoms. The molecule has 7 heteroatoms. The summed E-state index contributed by atoms with van der Waals surface area (Å²) in [5.74, 6) is 0.236. The van der Waals surface area contributed by atoms with Crippen LogP contribution in [0.3, 0.4) is 0 Å². The Labute approximate surface area is 123 Å². The molecule has 1 fully saturated rings. The average Bonchev–Trinajstić information content (AvgIpc) is 3.20. The summed E-state index contributed by atoms with van der Waals surface area (Å²) < 4.78 is 28.3. The highest BCUT2D eigenvalue weighted by molar-refractivity contribution is 7.14. The topological polar surface area (TPSA) is 51.2 Å². The summed E-state index contributed by atoms with van der Waals surface area (Å²) in [6.07, 6.45) is 2.31. The second kappa shape index (κ2) is 5.77. The van der Waals surface area contributed by atoms with Crippen LogP contribution in [0, 0.1) is 0 Å². The zero-order chi connectivity index (χ0) is 14.8. The number of alkyl halides is 2. The van der Waals surface area contributed by atoms with Crippen LogP contribution in [0.15, 0.2) is 29.6 Å². The van der Waals surface area contributed by atoms with Crippen molar-refractivity contribution < 1.29 is 18.3 Å². The van der Waals surface area contributed by atoms with E-state index in [1.54, 1.807) is 0 Å². The number of aromatic nitrogens is 1. The molecule has 0 aliphatic heterocycles. The van der Waals surface area contributed by atoms with E-state index < -0.39 is 6.61 Å². The predicted octanol–water partition coefficient (Wildman–Crippen LogP) is 3.87. The van der Waals surface area contributed by atoms with Gasteiger partial charge in [-0.1, -0.05) is 0 Å². The van der Waals surface area contributed by atoms with Crippen LogP contribution in [-0.4, -0.2) is 17.5 Å². The Bertz CT molecular complexity index is 639. The van der Waals surface area contributed by atoms with Gasteiger partial charge >= 0.3 is 6.61 Å². The van der Waals surface area contributed by atoms with Gasteiger partial charge in [0, 0.05) is 16.9 Å². The van der Waals surface area contributed by atoms with Crippen LogP contribution in [0.1, 0.15) is 34.8 Å². The van der Waals surface area contributed by atoms with E-state index in [1.165, 1.54) is 35.6 Å². The third-order valence-corrected chi connectivity index (χ3v) is 3.86. The van der Waals surface area contributed by atoms with Gasteiger partial charge in [-0.2, -0.15) is 8.78 Å². The van der Waals surface area contributed by atoms with Crippen molar-refractivity contribution in [2.75, 3.05) is 5.32 Å². The lowest BCUT2D eigenvalue weighted by molar-refractivity contribution is -0.0498. The van der Waals surface area contributed by atoms with Crippen LogP contribution >= 0.6 is 11.3 Å². The van der Waals surface area contributed by atoms with Crippen molar-refractivity contribution in [3.63, 3.8) is 0 Å². The Morgan fingerprint density at radius 1 is 1.33 bits per heavy atom. The van der Waals surface area contributed by atoms with E-state index in [-0.39, 0.29) is 11.7 Å². The minimum Gasteiger partial charge on any atom is -0.435 e. The van der Waals surface area contributed by atoms with E-state index in [2.05, 4.69) is 15.0 Å². The SMILES string of the molecule is O=C(Nc1nc(C2CC2)cs1)c1ccc(OC(F)F)cc1. The number of ether oxygens (including phenoxy) is 1. The van der Waals surface area contributed by atoms with E-state index >= 15 is 0 Å². The van der Waals surface area contributed by atoms with Crippen molar-refractivity contribution in [2.24, 2.45) is 0 Å². The van der Waals surface area contributed by atoms with Crippen molar-refractivity contribution in [2.45, 2.75) is 25.4 Å². The fourth-order valence-corrected chi connectivity index (χ4v) is 2.65. The first-order chi connectivity index (χ1) is 10.1. The fourth-order valence-electron chi connectivity index (χ4n) is 1.87. The molecule has 3 rings (SSSR count). The zero-order valence-electron chi connectivity index (χ0n) is 10.9. The van der Waals surface area contributed by atoms with Gasteiger partial charge in [-0.15, -0.1) is 11.3 Å². The number of amides is 1. The molecule has 110 valence electrons. The number of rotatable bonds is 5. The van der Waals surface area contributed by atoms with E-state index in [0.29, 0.717) is 16.6 Å². The lowest BCUT2D eigenvalue weighted by Gasteiger charge is -2.05.